The Morgan fingerprint density at radius 1 is 1.22 bits per heavy atom. The van der Waals surface area contributed by atoms with E-state index in [1.54, 1.807) is 12.1 Å². The van der Waals surface area contributed by atoms with Crippen LogP contribution in [0.2, 0.25) is 5.02 Å². The number of esters is 1. The SMILES string of the molecule is COC(=O)c1ccc(Cl)c(S(=O)(=O)N2CCc3ccccc32)c1. The van der Waals surface area contributed by atoms with Crippen LogP contribution in [0.15, 0.2) is 47.4 Å². The van der Waals surface area contributed by atoms with Gasteiger partial charge < -0.3 is 4.74 Å². The highest BCUT2D eigenvalue weighted by atomic mass is 35.5. The summed E-state index contributed by atoms with van der Waals surface area (Å²) in [5.41, 5.74) is 1.76. The summed E-state index contributed by atoms with van der Waals surface area (Å²) in [4.78, 5) is 11.6. The quantitative estimate of drug-likeness (QED) is 0.798. The maximum atomic E-state index is 13.0. The van der Waals surface area contributed by atoms with Gasteiger partial charge in [-0.05, 0) is 36.2 Å². The molecule has 0 N–H and O–H groups in total. The van der Waals surface area contributed by atoms with Crippen LogP contribution >= 0.6 is 11.6 Å². The number of hydrogen-bond donors (Lipinski definition) is 0. The van der Waals surface area contributed by atoms with Crippen LogP contribution < -0.4 is 4.31 Å². The highest BCUT2D eigenvalue weighted by molar-refractivity contribution is 7.93. The highest BCUT2D eigenvalue weighted by Crippen LogP contribution is 2.35. The molecule has 1 aliphatic rings. The van der Waals surface area contributed by atoms with Crippen LogP contribution in [-0.4, -0.2) is 28.0 Å². The standard InChI is InChI=1S/C16H14ClNO4S/c1-22-16(19)12-6-7-13(17)15(10-12)23(20,21)18-9-8-11-4-2-3-5-14(11)18/h2-7,10H,8-9H2,1H3. The zero-order valence-electron chi connectivity index (χ0n) is 12.3. The van der Waals surface area contributed by atoms with Gasteiger partial charge in [-0.2, -0.15) is 0 Å². The number of rotatable bonds is 3. The first kappa shape index (κ1) is 15.8. The fourth-order valence-electron chi connectivity index (χ4n) is 2.62. The summed E-state index contributed by atoms with van der Waals surface area (Å²) in [5, 5.41) is 0.0713. The molecule has 0 saturated heterocycles. The van der Waals surface area contributed by atoms with Crippen LogP contribution in [0.3, 0.4) is 0 Å². The second-order valence-corrected chi connectivity index (χ2v) is 7.33. The zero-order valence-corrected chi connectivity index (χ0v) is 13.9. The lowest BCUT2D eigenvalue weighted by Crippen LogP contribution is -2.29. The fourth-order valence-corrected chi connectivity index (χ4v) is 4.63. The summed E-state index contributed by atoms with van der Waals surface area (Å²) in [7, 11) is -2.62. The van der Waals surface area contributed by atoms with E-state index in [4.69, 9.17) is 11.6 Å². The number of carbonyl (C=O) groups excluding carboxylic acids is 1. The Balaban J connectivity index is 2.09. The molecule has 0 spiro atoms. The van der Waals surface area contributed by atoms with Crippen molar-refractivity contribution >= 4 is 33.3 Å². The van der Waals surface area contributed by atoms with E-state index in [1.165, 1.54) is 29.6 Å². The van der Waals surface area contributed by atoms with Crippen molar-refractivity contribution in [3.05, 3.63) is 58.6 Å². The van der Waals surface area contributed by atoms with E-state index < -0.39 is 16.0 Å². The molecule has 3 rings (SSSR count). The Labute approximate surface area is 139 Å². The number of ether oxygens (including phenoxy) is 1. The molecule has 1 aliphatic heterocycles. The number of benzene rings is 2. The van der Waals surface area contributed by atoms with Crippen molar-refractivity contribution in [2.45, 2.75) is 11.3 Å². The van der Waals surface area contributed by atoms with Gasteiger partial charge in [-0.3, -0.25) is 4.31 Å². The van der Waals surface area contributed by atoms with Crippen molar-refractivity contribution in [1.82, 2.24) is 0 Å². The Hall–Kier alpha value is -2.05. The van der Waals surface area contributed by atoms with Gasteiger partial charge >= 0.3 is 5.97 Å². The van der Waals surface area contributed by atoms with Crippen LogP contribution in [-0.2, 0) is 21.2 Å². The molecule has 0 unspecified atom stereocenters. The number of sulfonamides is 1. The number of halogens is 1. The van der Waals surface area contributed by atoms with Gasteiger partial charge in [-0.25, -0.2) is 13.2 Å². The van der Waals surface area contributed by atoms with Gasteiger partial charge in [0.05, 0.1) is 23.4 Å². The molecule has 5 nitrogen and oxygen atoms in total. The average molecular weight is 352 g/mol. The number of nitrogens with zero attached hydrogens (tertiary/aromatic N) is 1. The van der Waals surface area contributed by atoms with Crippen LogP contribution in [0.25, 0.3) is 0 Å². The van der Waals surface area contributed by atoms with E-state index in [1.807, 2.05) is 12.1 Å². The largest absolute Gasteiger partial charge is 0.465 e. The zero-order chi connectivity index (χ0) is 16.6. The van der Waals surface area contributed by atoms with Crippen LogP contribution in [0.4, 0.5) is 5.69 Å². The van der Waals surface area contributed by atoms with E-state index >= 15 is 0 Å². The lowest BCUT2D eigenvalue weighted by atomic mass is 10.2. The van der Waals surface area contributed by atoms with Crippen molar-refractivity contribution in [2.75, 3.05) is 18.0 Å². The molecule has 7 heteroatoms. The first-order valence-electron chi connectivity index (χ1n) is 6.93. The van der Waals surface area contributed by atoms with Crippen LogP contribution in [0.5, 0.6) is 0 Å². The van der Waals surface area contributed by atoms with Gasteiger partial charge in [0.25, 0.3) is 10.0 Å². The smallest absolute Gasteiger partial charge is 0.337 e. The fraction of sp³-hybridized carbons (Fsp3) is 0.188. The summed E-state index contributed by atoms with van der Waals surface area (Å²) in [6.07, 6.45) is 0.643. The molecule has 0 amide bonds. The average Bonchev–Trinajstić information content (AvgIpc) is 2.99. The molecule has 0 radical (unpaired) electrons. The van der Waals surface area contributed by atoms with Gasteiger partial charge in [-0.1, -0.05) is 29.8 Å². The predicted octanol–water partition coefficient (Wildman–Crippen LogP) is 2.88. The lowest BCUT2D eigenvalue weighted by Gasteiger charge is -2.20. The normalized spacial score (nSPS) is 13.7. The highest BCUT2D eigenvalue weighted by Gasteiger charge is 2.32. The summed E-state index contributed by atoms with van der Waals surface area (Å²) in [6, 6.07) is 11.4. The summed E-state index contributed by atoms with van der Waals surface area (Å²) in [6.45, 7) is 0.348. The lowest BCUT2D eigenvalue weighted by molar-refractivity contribution is 0.0600. The van der Waals surface area contributed by atoms with Crippen molar-refractivity contribution < 1.29 is 17.9 Å². The number of methoxy groups -OCH3 is 1. The third-order valence-electron chi connectivity index (χ3n) is 3.76. The van der Waals surface area contributed by atoms with Gasteiger partial charge in [0.1, 0.15) is 4.90 Å². The monoisotopic (exact) mass is 351 g/mol. The maximum Gasteiger partial charge on any atom is 0.337 e. The van der Waals surface area contributed by atoms with Gasteiger partial charge in [0.2, 0.25) is 0 Å². The van der Waals surface area contributed by atoms with Gasteiger partial charge in [0, 0.05) is 6.54 Å². The topological polar surface area (TPSA) is 63.7 Å². The molecule has 23 heavy (non-hydrogen) atoms. The molecule has 0 bridgehead atoms. The summed E-state index contributed by atoms with van der Waals surface area (Å²) >= 11 is 6.08. The summed E-state index contributed by atoms with van der Waals surface area (Å²) in [5.74, 6) is -0.611. The molecular weight excluding hydrogens is 338 g/mol. The number of fused-ring (bicyclic) bond motifs is 1. The van der Waals surface area contributed by atoms with E-state index in [0.29, 0.717) is 18.7 Å². The first-order chi connectivity index (χ1) is 10.9. The van der Waals surface area contributed by atoms with Gasteiger partial charge in [-0.15, -0.1) is 0 Å². The molecular formula is C16H14ClNO4S. The first-order valence-corrected chi connectivity index (χ1v) is 8.75. The molecule has 2 aromatic rings. The Kier molecular flexibility index (Phi) is 4.04. The molecule has 0 atom stereocenters. The minimum atomic E-state index is -3.85. The van der Waals surface area contributed by atoms with Crippen molar-refractivity contribution in [1.29, 1.82) is 0 Å². The molecule has 0 aliphatic carbocycles. The van der Waals surface area contributed by atoms with E-state index in [9.17, 15) is 13.2 Å². The Morgan fingerprint density at radius 2 is 1.96 bits per heavy atom. The molecule has 120 valence electrons. The Bertz CT molecular complexity index is 879. The van der Waals surface area contributed by atoms with E-state index in [2.05, 4.69) is 4.74 Å². The molecule has 1 heterocycles. The Morgan fingerprint density at radius 3 is 2.70 bits per heavy atom. The maximum absolute atomic E-state index is 13.0. The predicted molar refractivity (Wildman–Crippen MR) is 87.5 cm³/mol. The minimum Gasteiger partial charge on any atom is -0.465 e. The second kappa shape index (κ2) is 5.86. The molecule has 0 fully saturated rings. The summed E-state index contributed by atoms with van der Waals surface area (Å²) < 4.78 is 31.9. The third-order valence-corrected chi connectivity index (χ3v) is 6.06. The van der Waals surface area contributed by atoms with E-state index in [-0.39, 0.29) is 15.5 Å². The third kappa shape index (κ3) is 2.68. The molecule has 2 aromatic carbocycles. The van der Waals surface area contributed by atoms with Crippen LogP contribution in [0.1, 0.15) is 15.9 Å². The van der Waals surface area contributed by atoms with Gasteiger partial charge in [0.15, 0.2) is 0 Å². The number of anilines is 1. The minimum absolute atomic E-state index is 0.0713. The number of para-hydroxylation sites is 1. The molecule has 0 aromatic heterocycles. The molecule has 0 saturated carbocycles. The van der Waals surface area contributed by atoms with E-state index in [0.717, 1.165) is 5.56 Å². The van der Waals surface area contributed by atoms with Crippen LogP contribution in [0, 0.1) is 0 Å². The second-order valence-electron chi connectivity index (χ2n) is 5.09. The van der Waals surface area contributed by atoms with Crippen molar-refractivity contribution in [3.8, 4) is 0 Å². The number of hydrogen-bond acceptors (Lipinski definition) is 4. The van der Waals surface area contributed by atoms with Crippen molar-refractivity contribution in [2.24, 2.45) is 0 Å². The number of carbonyl (C=O) groups is 1. The van der Waals surface area contributed by atoms with Crippen molar-refractivity contribution in [3.63, 3.8) is 0 Å².